The van der Waals surface area contributed by atoms with Crippen molar-refractivity contribution in [2.75, 3.05) is 31.6 Å². The number of rotatable bonds is 5. The minimum Gasteiger partial charge on any atom is -0.504 e. The number of aromatic hydroxyl groups is 1. The number of ether oxygens (including phenoxy) is 1. The predicted molar refractivity (Wildman–Crippen MR) is 132 cm³/mol. The standard InChI is InChI=1S/C20H27N5O7S3/c1-12-5-6-14(32-12)16(20(2,3)4)22-18-17(23-35(29,30)24-18)21-13-11-33-19(15(13)26)34(27,28)25-7-9-31-10-8-25/h5-6,11,16,26H,7-10H2,1-4H3,(H,21,23)(H,22,24)/t16-/m0/s1. The van der Waals surface area contributed by atoms with E-state index >= 15 is 0 Å². The van der Waals surface area contributed by atoms with Crippen molar-refractivity contribution >= 4 is 48.9 Å². The second kappa shape index (κ2) is 9.20. The van der Waals surface area contributed by atoms with Crippen LogP contribution in [0, 0.1) is 12.3 Å². The topological polar surface area (TPSA) is 163 Å². The number of thiophene rings is 1. The first-order valence-corrected chi connectivity index (χ1v) is 14.5. The van der Waals surface area contributed by atoms with E-state index in [4.69, 9.17) is 9.15 Å². The van der Waals surface area contributed by atoms with Crippen LogP contribution in [0.15, 0.2) is 35.5 Å². The summed E-state index contributed by atoms with van der Waals surface area (Å²) in [4.78, 5) is 4.58. The van der Waals surface area contributed by atoms with E-state index in [0.717, 1.165) is 11.3 Å². The molecule has 192 valence electrons. The van der Waals surface area contributed by atoms with Gasteiger partial charge in [0, 0.05) is 18.5 Å². The van der Waals surface area contributed by atoms with Crippen molar-refractivity contribution in [1.82, 2.24) is 9.03 Å². The molecule has 1 fully saturated rings. The van der Waals surface area contributed by atoms with Crippen LogP contribution in [0.5, 0.6) is 5.75 Å². The van der Waals surface area contributed by atoms with Crippen molar-refractivity contribution in [2.24, 2.45) is 14.8 Å². The third kappa shape index (κ3) is 5.38. The highest BCUT2D eigenvalue weighted by Gasteiger charge is 2.35. The van der Waals surface area contributed by atoms with E-state index in [2.05, 4.69) is 19.4 Å². The average molecular weight is 546 g/mol. The molecule has 0 bridgehead atoms. The van der Waals surface area contributed by atoms with Gasteiger partial charge in [-0.05, 0) is 24.5 Å². The number of sulfonamides is 1. The lowest BCUT2D eigenvalue weighted by Crippen LogP contribution is -2.40. The molecule has 2 aliphatic heterocycles. The third-order valence-electron chi connectivity index (χ3n) is 5.30. The first-order chi connectivity index (χ1) is 16.3. The molecule has 0 amide bonds. The van der Waals surface area contributed by atoms with E-state index in [1.807, 2.05) is 20.8 Å². The zero-order valence-electron chi connectivity index (χ0n) is 19.6. The van der Waals surface area contributed by atoms with Crippen LogP contribution in [0.4, 0.5) is 5.69 Å². The largest absolute Gasteiger partial charge is 0.504 e. The molecule has 0 unspecified atom stereocenters. The summed E-state index contributed by atoms with van der Waals surface area (Å²) in [6.07, 6.45) is 0. The number of amidine groups is 2. The van der Waals surface area contributed by atoms with E-state index in [0.29, 0.717) is 11.5 Å². The van der Waals surface area contributed by atoms with E-state index in [1.54, 1.807) is 19.1 Å². The maximum absolute atomic E-state index is 13.0. The summed E-state index contributed by atoms with van der Waals surface area (Å²) >= 11 is 0.816. The van der Waals surface area contributed by atoms with Crippen molar-refractivity contribution < 1.29 is 31.1 Å². The van der Waals surface area contributed by atoms with Gasteiger partial charge in [-0.1, -0.05) is 20.8 Å². The second-order valence-electron chi connectivity index (χ2n) is 9.14. The predicted octanol–water partition coefficient (Wildman–Crippen LogP) is 2.22. The smallest absolute Gasteiger partial charge is 0.345 e. The second-order valence-corrected chi connectivity index (χ2v) is 13.5. The lowest BCUT2D eigenvalue weighted by molar-refractivity contribution is 0.0730. The number of hydrogen-bond donors (Lipinski definition) is 3. The SMILES string of the molecule is Cc1ccc([C@H](N=C2NS(=O)(=O)N=C2Nc2csc(S(=O)(=O)N3CCOCC3)c2O)C(C)(C)C)o1. The Kier molecular flexibility index (Phi) is 6.74. The van der Waals surface area contributed by atoms with Gasteiger partial charge in [0.1, 0.15) is 17.6 Å². The van der Waals surface area contributed by atoms with Crippen LogP contribution < -0.4 is 10.0 Å². The van der Waals surface area contributed by atoms with Crippen LogP contribution in [0.2, 0.25) is 0 Å². The Morgan fingerprint density at radius 1 is 1.29 bits per heavy atom. The number of nitrogens with zero attached hydrogens (tertiary/aromatic N) is 3. The molecule has 35 heavy (non-hydrogen) atoms. The molecular weight excluding hydrogens is 518 g/mol. The van der Waals surface area contributed by atoms with E-state index in [-0.39, 0.29) is 47.9 Å². The minimum absolute atomic E-state index is 0.00617. The summed E-state index contributed by atoms with van der Waals surface area (Å²) in [6, 6.07) is 3.00. The maximum Gasteiger partial charge on any atom is 0.345 e. The van der Waals surface area contributed by atoms with Gasteiger partial charge < -0.3 is 19.6 Å². The Morgan fingerprint density at radius 2 is 1.97 bits per heavy atom. The molecule has 0 aliphatic carbocycles. The highest BCUT2D eigenvalue weighted by molar-refractivity contribution is 7.91. The highest BCUT2D eigenvalue weighted by Crippen LogP contribution is 2.40. The quantitative estimate of drug-likeness (QED) is 0.515. The fourth-order valence-corrected chi connectivity index (χ4v) is 7.17. The number of aryl methyl sites for hydroxylation is 1. The zero-order chi connectivity index (χ0) is 25.6. The fraction of sp³-hybridized carbons (Fsp3) is 0.500. The lowest BCUT2D eigenvalue weighted by atomic mass is 9.85. The molecule has 1 atom stereocenters. The Morgan fingerprint density at radius 3 is 2.57 bits per heavy atom. The van der Waals surface area contributed by atoms with E-state index in [1.165, 1.54) is 9.69 Å². The number of anilines is 1. The molecule has 0 spiro atoms. The van der Waals surface area contributed by atoms with Crippen LogP contribution in [0.1, 0.15) is 38.3 Å². The molecule has 1 saturated heterocycles. The molecule has 0 aromatic carbocycles. The molecule has 0 radical (unpaired) electrons. The van der Waals surface area contributed by atoms with Gasteiger partial charge in [-0.2, -0.15) is 12.7 Å². The first-order valence-electron chi connectivity index (χ1n) is 10.7. The summed E-state index contributed by atoms with van der Waals surface area (Å²) in [6.45, 7) is 8.47. The summed E-state index contributed by atoms with van der Waals surface area (Å²) in [5.74, 6) is 0.450. The summed E-state index contributed by atoms with van der Waals surface area (Å²) in [5.41, 5.74) is -0.450. The fourth-order valence-electron chi connectivity index (χ4n) is 3.58. The normalized spacial score (nSPS) is 21.0. The Hall–Kier alpha value is -2.46. The Labute approximate surface area is 208 Å². The van der Waals surface area contributed by atoms with Gasteiger partial charge in [-0.3, -0.25) is 4.99 Å². The van der Waals surface area contributed by atoms with Crippen LogP contribution in [0.3, 0.4) is 0 Å². The summed E-state index contributed by atoms with van der Waals surface area (Å²) in [7, 11) is -8.04. The van der Waals surface area contributed by atoms with Gasteiger partial charge in [0.2, 0.25) is 0 Å². The van der Waals surface area contributed by atoms with Gasteiger partial charge in [-0.25, -0.2) is 13.1 Å². The van der Waals surface area contributed by atoms with Crippen molar-refractivity contribution in [3.63, 3.8) is 0 Å². The van der Waals surface area contributed by atoms with Gasteiger partial charge in [0.05, 0.1) is 18.9 Å². The molecule has 4 heterocycles. The van der Waals surface area contributed by atoms with Gasteiger partial charge in [0.25, 0.3) is 10.0 Å². The molecule has 2 aliphatic rings. The monoisotopic (exact) mass is 545 g/mol. The maximum atomic E-state index is 13.0. The number of aliphatic imine (C=N–C) groups is 1. The van der Waals surface area contributed by atoms with Crippen LogP contribution in [-0.2, 0) is 25.0 Å². The van der Waals surface area contributed by atoms with Gasteiger partial charge in [-0.15, -0.1) is 15.7 Å². The molecule has 15 heteroatoms. The summed E-state index contributed by atoms with van der Waals surface area (Å²) < 4.78 is 68.3. The number of furan rings is 1. The van der Waals surface area contributed by atoms with Crippen molar-refractivity contribution in [2.45, 2.75) is 37.9 Å². The molecule has 2 aromatic heterocycles. The third-order valence-corrected chi connectivity index (χ3v) is 9.56. The molecular formula is C20H27N5O7S3. The van der Waals surface area contributed by atoms with Gasteiger partial charge in [0.15, 0.2) is 21.6 Å². The first kappa shape index (κ1) is 25.6. The van der Waals surface area contributed by atoms with E-state index in [9.17, 15) is 21.9 Å². The average Bonchev–Trinajstić information content (AvgIpc) is 3.43. The zero-order valence-corrected chi connectivity index (χ0v) is 22.1. The summed E-state index contributed by atoms with van der Waals surface area (Å²) in [5, 5.41) is 14.8. The molecule has 0 saturated carbocycles. The van der Waals surface area contributed by atoms with Crippen molar-refractivity contribution in [3.05, 3.63) is 29.0 Å². The van der Waals surface area contributed by atoms with E-state index < -0.39 is 37.4 Å². The van der Waals surface area contributed by atoms with Crippen molar-refractivity contribution in [3.8, 4) is 5.75 Å². The van der Waals surface area contributed by atoms with Crippen molar-refractivity contribution in [1.29, 1.82) is 0 Å². The Bertz CT molecular complexity index is 1380. The Balaban J connectivity index is 1.66. The van der Waals surface area contributed by atoms with Crippen LogP contribution in [-0.4, -0.2) is 64.2 Å². The molecule has 12 nitrogen and oxygen atoms in total. The molecule has 3 N–H and O–H groups in total. The number of nitrogens with one attached hydrogen (secondary N) is 2. The number of hydrogen-bond acceptors (Lipinski definition) is 10. The highest BCUT2D eigenvalue weighted by atomic mass is 32.2. The lowest BCUT2D eigenvalue weighted by Gasteiger charge is -2.26. The molecule has 2 aromatic rings. The minimum atomic E-state index is -4.09. The number of morpholine rings is 1. The van der Waals surface area contributed by atoms with Gasteiger partial charge >= 0.3 is 10.2 Å². The van der Waals surface area contributed by atoms with Crippen LogP contribution in [0.25, 0.3) is 0 Å². The van der Waals surface area contributed by atoms with Crippen LogP contribution >= 0.6 is 11.3 Å². The molecule has 4 rings (SSSR count).